The van der Waals surface area contributed by atoms with E-state index in [1.165, 1.54) is 6.20 Å². The van der Waals surface area contributed by atoms with E-state index in [4.69, 9.17) is 0 Å². The first kappa shape index (κ1) is 15.6. The first-order valence-electron chi connectivity index (χ1n) is 7.01. The largest absolute Gasteiger partial charge is 0.279 e. The molecule has 0 saturated heterocycles. The second-order valence-electron chi connectivity index (χ2n) is 5.26. The van der Waals surface area contributed by atoms with Crippen molar-refractivity contribution in [1.82, 2.24) is 9.78 Å². The first-order chi connectivity index (χ1) is 9.86. The van der Waals surface area contributed by atoms with Gasteiger partial charge in [-0.25, -0.2) is 8.42 Å². The molecule has 0 aliphatic heterocycles. The average molecular weight is 307 g/mol. The van der Waals surface area contributed by atoms with Crippen LogP contribution in [0.1, 0.15) is 37.9 Å². The fraction of sp³-hybridized carbons (Fsp3) is 0.400. The lowest BCUT2D eigenvalue weighted by molar-refractivity contribution is 0.598. The van der Waals surface area contributed by atoms with Crippen molar-refractivity contribution in [2.75, 3.05) is 4.72 Å². The normalized spacial score (nSPS) is 11.9. The molecule has 21 heavy (non-hydrogen) atoms. The summed E-state index contributed by atoms with van der Waals surface area (Å²) in [4.78, 5) is 0.225. The summed E-state index contributed by atoms with van der Waals surface area (Å²) in [7, 11) is -3.62. The van der Waals surface area contributed by atoms with Gasteiger partial charge in [0.05, 0.1) is 17.6 Å². The van der Waals surface area contributed by atoms with Gasteiger partial charge in [0.15, 0.2) is 0 Å². The molecule has 5 nitrogen and oxygen atoms in total. The summed E-state index contributed by atoms with van der Waals surface area (Å²) in [6.45, 7) is 8.40. The van der Waals surface area contributed by atoms with Crippen molar-refractivity contribution >= 4 is 15.7 Å². The number of nitrogens with one attached hydrogen (secondary N) is 1. The predicted octanol–water partition coefficient (Wildman–Crippen LogP) is 3.14. The molecule has 0 atom stereocenters. The van der Waals surface area contributed by atoms with Gasteiger partial charge in [-0.1, -0.05) is 32.0 Å². The van der Waals surface area contributed by atoms with Crippen molar-refractivity contribution in [3.05, 3.63) is 41.7 Å². The summed E-state index contributed by atoms with van der Waals surface area (Å²) < 4.78 is 29.5. The number of para-hydroxylation sites is 1. The summed E-state index contributed by atoms with van der Waals surface area (Å²) in [5.74, 6) is 0.239. The Morgan fingerprint density at radius 3 is 2.52 bits per heavy atom. The summed E-state index contributed by atoms with van der Waals surface area (Å²) in [5, 5.41) is 4.10. The fourth-order valence-electron chi connectivity index (χ4n) is 2.31. The second kappa shape index (κ2) is 5.89. The number of aromatic nitrogens is 2. The Bertz CT molecular complexity index is 733. The highest BCUT2D eigenvalue weighted by Gasteiger charge is 2.21. The lowest BCUT2D eigenvalue weighted by atomic mass is 10.0. The first-order valence-corrected chi connectivity index (χ1v) is 8.49. The third kappa shape index (κ3) is 3.10. The van der Waals surface area contributed by atoms with Crippen LogP contribution in [0.25, 0.3) is 0 Å². The lowest BCUT2D eigenvalue weighted by Crippen LogP contribution is -2.15. The molecule has 1 aromatic carbocycles. The zero-order chi connectivity index (χ0) is 15.6. The topological polar surface area (TPSA) is 64.0 Å². The van der Waals surface area contributed by atoms with Gasteiger partial charge in [-0.15, -0.1) is 0 Å². The molecule has 0 saturated carbocycles. The van der Waals surface area contributed by atoms with Crippen LogP contribution in [-0.4, -0.2) is 18.2 Å². The number of anilines is 1. The molecule has 0 aliphatic rings. The minimum atomic E-state index is -3.62. The van der Waals surface area contributed by atoms with Crippen molar-refractivity contribution in [3.63, 3.8) is 0 Å². The van der Waals surface area contributed by atoms with Crippen LogP contribution in [0, 0.1) is 6.92 Å². The number of sulfonamides is 1. The Morgan fingerprint density at radius 1 is 1.29 bits per heavy atom. The summed E-state index contributed by atoms with van der Waals surface area (Å²) in [6.07, 6.45) is 1.40. The van der Waals surface area contributed by atoms with E-state index in [2.05, 4.69) is 9.82 Å². The van der Waals surface area contributed by atoms with Gasteiger partial charge in [0.25, 0.3) is 10.0 Å². The smallest absolute Gasteiger partial charge is 0.265 e. The van der Waals surface area contributed by atoms with Gasteiger partial charge >= 0.3 is 0 Å². The van der Waals surface area contributed by atoms with Crippen LogP contribution < -0.4 is 4.72 Å². The highest BCUT2D eigenvalue weighted by Crippen LogP contribution is 2.26. The Kier molecular flexibility index (Phi) is 4.37. The SMILES string of the molecule is CCn1ncc(S(=O)(=O)Nc2ccccc2C(C)C)c1C. The maximum Gasteiger partial charge on any atom is 0.265 e. The maximum absolute atomic E-state index is 12.6. The monoisotopic (exact) mass is 307 g/mol. The van der Waals surface area contributed by atoms with Crippen molar-refractivity contribution in [3.8, 4) is 0 Å². The highest BCUT2D eigenvalue weighted by molar-refractivity contribution is 7.92. The van der Waals surface area contributed by atoms with Gasteiger partial charge in [0.2, 0.25) is 0 Å². The lowest BCUT2D eigenvalue weighted by Gasteiger charge is -2.14. The van der Waals surface area contributed by atoms with Crippen molar-refractivity contribution < 1.29 is 8.42 Å². The Hall–Kier alpha value is -1.82. The molecule has 0 fully saturated rings. The molecular weight excluding hydrogens is 286 g/mol. The average Bonchev–Trinajstić information content (AvgIpc) is 2.80. The zero-order valence-electron chi connectivity index (χ0n) is 12.8. The number of hydrogen-bond donors (Lipinski definition) is 1. The van der Waals surface area contributed by atoms with Crippen LogP contribution in [0.5, 0.6) is 0 Å². The number of hydrogen-bond acceptors (Lipinski definition) is 3. The minimum Gasteiger partial charge on any atom is -0.279 e. The van der Waals surface area contributed by atoms with Crippen LogP contribution >= 0.6 is 0 Å². The molecule has 0 spiro atoms. The van der Waals surface area contributed by atoms with Gasteiger partial charge in [0, 0.05) is 6.54 Å². The molecule has 1 aromatic heterocycles. The maximum atomic E-state index is 12.6. The molecule has 0 bridgehead atoms. The number of nitrogens with zero attached hydrogens (tertiary/aromatic N) is 2. The molecular formula is C15H21N3O2S. The molecule has 2 aromatic rings. The molecule has 1 N–H and O–H groups in total. The molecule has 1 heterocycles. The van der Waals surface area contributed by atoms with Crippen LogP contribution in [0.15, 0.2) is 35.4 Å². The van der Waals surface area contributed by atoms with E-state index in [1.807, 2.05) is 39.0 Å². The molecule has 0 aliphatic carbocycles. The van der Waals surface area contributed by atoms with E-state index in [-0.39, 0.29) is 10.8 Å². The van der Waals surface area contributed by atoms with Crippen LogP contribution in [0.3, 0.4) is 0 Å². The summed E-state index contributed by atoms with van der Waals surface area (Å²) >= 11 is 0. The Balaban J connectivity index is 2.40. The second-order valence-corrected chi connectivity index (χ2v) is 6.91. The van der Waals surface area contributed by atoms with Gasteiger partial charge in [-0.3, -0.25) is 9.40 Å². The number of benzene rings is 1. The third-order valence-corrected chi connectivity index (χ3v) is 4.94. The van der Waals surface area contributed by atoms with E-state index in [0.717, 1.165) is 5.56 Å². The van der Waals surface area contributed by atoms with Gasteiger partial charge in [-0.2, -0.15) is 5.10 Å². The highest BCUT2D eigenvalue weighted by atomic mass is 32.2. The molecule has 114 valence electrons. The van der Waals surface area contributed by atoms with E-state index < -0.39 is 10.0 Å². The fourth-order valence-corrected chi connectivity index (χ4v) is 3.57. The molecule has 0 unspecified atom stereocenters. The molecule has 2 rings (SSSR count). The number of rotatable bonds is 5. The molecule has 0 amide bonds. The standard InChI is InChI=1S/C15H21N3O2S/c1-5-18-12(4)15(10-16-18)21(19,20)17-14-9-7-6-8-13(14)11(2)3/h6-11,17H,5H2,1-4H3. The quantitative estimate of drug-likeness (QED) is 0.923. The van der Waals surface area contributed by atoms with Gasteiger partial charge in [0.1, 0.15) is 4.90 Å². The Morgan fingerprint density at radius 2 is 1.95 bits per heavy atom. The third-order valence-electron chi connectivity index (χ3n) is 3.47. The van der Waals surface area contributed by atoms with Crippen LogP contribution in [-0.2, 0) is 16.6 Å². The summed E-state index contributed by atoms with van der Waals surface area (Å²) in [5.41, 5.74) is 2.24. The van der Waals surface area contributed by atoms with E-state index in [9.17, 15) is 8.42 Å². The van der Waals surface area contributed by atoms with Crippen LogP contribution in [0.4, 0.5) is 5.69 Å². The van der Waals surface area contributed by atoms with Crippen LogP contribution in [0.2, 0.25) is 0 Å². The summed E-state index contributed by atoms with van der Waals surface area (Å²) in [6, 6.07) is 7.46. The van der Waals surface area contributed by atoms with Gasteiger partial charge < -0.3 is 0 Å². The molecule has 0 radical (unpaired) electrons. The van der Waals surface area contributed by atoms with Crippen molar-refractivity contribution in [2.45, 2.75) is 45.1 Å². The number of aryl methyl sites for hydroxylation is 1. The zero-order valence-corrected chi connectivity index (χ0v) is 13.6. The van der Waals surface area contributed by atoms with E-state index >= 15 is 0 Å². The van der Waals surface area contributed by atoms with Gasteiger partial charge in [-0.05, 0) is 31.4 Å². The predicted molar refractivity (Wildman–Crippen MR) is 84.0 cm³/mol. The van der Waals surface area contributed by atoms with Crippen molar-refractivity contribution in [1.29, 1.82) is 0 Å². The van der Waals surface area contributed by atoms with Crippen molar-refractivity contribution in [2.24, 2.45) is 0 Å². The molecule has 6 heteroatoms. The van der Waals surface area contributed by atoms with E-state index in [0.29, 0.717) is 17.9 Å². The van der Waals surface area contributed by atoms with E-state index in [1.54, 1.807) is 17.7 Å². The minimum absolute atomic E-state index is 0.225. The Labute approximate surface area is 126 Å².